The largest absolute Gasteiger partial charge is 0.424 e. The number of fused-ring (bicyclic) bond motifs is 2. The van der Waals surface area contributed by atoms with Crippen molar-refractivity contribution in [3.8, 4) is 22.4 Å². The number of pyridine rings is 1. The smallest absolute Gasteiger partial charge is 0.343 e. The quantitative estimate of drug-likeness (QED) is 0.375. The Bertz CT molecular complexity index is 1810. The molecule has 0 radical (unpaired) electrons. The van der Waals surface area contributed by atoms with Crippen LogP contribution in [0.5, 0.6) is 0 Å². The zero-order valence-electron chi connectivity index (χ0n) is 19.7. The van der Waals surface area contributed by atoms with Gasteiger partial charge in [0.05, 0.1) is 10.8 Å². The van der Waals surface area contributed by atoms with Crippen molar-refractivity contribution >= 4 is 27.6 Å². The molecule has 4 aromatic heterocycles. The van der Waals surface area contributed by atoms with Gasteiger partial charge in [-0.15, -0.1) is 0 Å². The number of nitrogens with two attached hydrogens (primary N) is 1. The fourth-order valence-electron chi connectivity index (χ4n) is 4.68. The lowest BCUT2D eigenvalue weighted by atomic mass is 9.96. The van der Waals surface area contributed by atoms with Crippen LogP contribution in [-0.4, -0.2) is 24.7 Å². The lowest BCUT2D eigenvalue weighted by molar-refractivity contribution is 0.405. The van der Waals surface area contributed by atoms with Crippen molar-refractivity contribution < 1.29 is 4.42 Å². The van der Waals surface area contributed by atoms with E-state index in [0.717, 1.165) is 27.6 Å². The summed E-state index contributed by atoms with van der Waals surface area (Å²) in [5, 5.41) is 6.88. The summed E-state index contributed by atoms with van der Waals surface area (Å²) in [6.45, 7) is 3.90. The average molecular weight is 475 g/mol. The minimum atomic E-state index is -0.485. The van der Waals surface area contributed by atoms with E-state index in [1.165, 1.54) is 6.33 Å². The van der Waals surface area contributed by atoms with Crippen LogP contribution >= 0.6 is 0 Å². The monoisotopic (exact) mass is 474 g/mol. The van der Waals surface area contributed by atoms with Crippen molar-refractivity contribution in [1.29, 1.82) is 0 Å². The van der Waals surface area contributed by atoms with Crippen LogP contribution in [-0.2, 0) is 0 Å². The molecule has 0 spiro atoms. The van der Waals surface area contributed by atoms with Gasteiger partial charge in [0.25, 0.3) is 0 Å². The van der Waals surface area contributed by atoms with Crippen LogP contribution in [0.15, 0.2) is 88.6 Å². The van der Waals surface area contributed by atoms with Crippen molar-refractivity contribution in [2.45, 2.75) is 19.9 Å². The van der Waals surface area contributed by atoms with Crippen LogP contribution in [0.1, 0.15) is 24.3 Å². The number of aryl methyl sites for hydroxylation is 1. The van der Waals surface area contributed by atoms with Crippen molar-refractivity contribution in [1.82, 2.24) is 24.7 Å². The molecule has 0 aliphatic carbocycles. The Labute approximate surface area is 206 Å². The molecule has 1 atom stereocenters. The summed E-state index contributed by atoms with van der Waals surface area (Å²) >= 11 is 0. The number of aromatic nitrogens is 5. The summed E-state index contributed by atoms with van der Waals surface area (Å²) < 4.78 is 7.74. The zero-order chi connectivity index (χ0) is 24.8. The first-order valence-corrected chi connectivity index (χ1v) is 11.5. The summed E-state index contributed by atoms with van der Waals surface area (Å²) in [6.07, 6.45) is 4.93. The number of anilines is 1. The van der Waals surface area contributed by atoms with Crippen molar-refractivity contribution in [2.24, 2.45) is 0 Å². The lowest BCUT2D eigenvalue weighted by Gasteiger charge is -2.18. The van der Waals surface area contributed by atoms with Crippen LogP contribution in [0.4, 0.5) is 5.82 Å². The molecule has 176 valence electrons. The first-order chi connectivity index (χ1) is 17.5. The topological polar surface area (TPSA) is 113 Å². The van der Waals surface area contributed by atoms with E-state index in [1.807, 2.05) is 68.4 Å². The predicted molar refractivity (Wildman–Crippen MR) is 139 cm³/mol. The van der Waals surface area contributed by atoms with Gasteiger partial charge in [0.1, 0.15) is 29.6 Å². The van der Waals surface area contributed by atoms with Gasteiger partial charge < -0.3 is 10.2 Å². The summed E-state index contributed by atoms with van der Waals surface area (Å²) in [5.74, 6) is 0.804. The molecule has 4 heterocycles. The molecule has 0 saturated heterocycles. The molecule has 0 fully saturated rings. The molecule has 0 bridgehead atoms. The third kappa shape index (κ3) is 3.42. The predicted octanol–water partition coefficient (Wildman–Crippen LogP) is 5.16. The number of benzene rings is 2. The molecular weight excluding hydrogens is 452 g/mol. The van der Waals surface area contributed by atoms with Gasteiger partial charge in [-0.1, -0.05) is 48.5 Å². The fraction of sp³-hybridized carbons (Fsp3) is 0.107. The van der Waals surface area contributed by atoms with E-state index in [1.54, 1.807) is 23.1 Å². The molecule has 8 nitrogen and oxygen atoms in total. The van der Waals surface area contributed by atoms with Crippen LogP contribution in [0.25, 0.3) is 44.2 Å². The molecule has 0 amide bonds. The standard InChI is InChI=1S/C28H22N6O2/c1-16-12-19(14-30-13-16)24-23-26(29)31-15-32-27(23)34(33-24)17(2)25-22(18-8-4-3-5-9-18)20-10-6-7-11-21(20)28(35)36-25/h3-15,17H,1-2H3,(H2,29,31,32). The Morgan fingerprint density at radius 3 is 2.47 bits per heavy atom. The molecule has 0 aliphatic heterocycles. The average Bonchev–Trinajstić information content (AvgIpc) is 3.30. The number of hydrogen-bond donors (Lipinski definition) is 1. The first kappa shape index (κ1) is 21.7. The maximum Gasteiger partial charge on any atom is 0.343 e. The van der Waals surface area contributed by atoms with Crippen molar-refractivity contribution in [3.05, 3.63) is 101 Å². The normalized spacial score (nSPS) is 12.3. The molecule has 1 unspecified atom stereocenters. The molecule has 36 heavy (non-hydrogen) atoms. The van der Waals surface area contributed by atoms with Crippen molar-refractivity contribution in [3.63, 3.8) is 0 Å². The van der Waals surface area contributed by atoms with Gasteiger partial charge in [0, 0.05) is 28.9 Å². The van der Waals surface area contributed by atoms with Gasteiger partial charge in [-0.3, -0.25) is 4.98 Å². The number of nitrogen functional groups attached to an aromatic ring is 1. The first-order valence-electron chi connectivity index (χ1n) is 11.5. The summed E-state index contributed by atoms with van der Waals surface area (Å²) in [5.41, 5.74) is 10.6. The minimum absolute atomic E-state index is 0.318. The van der Waals surface area contributed by atoms with E-state index >= 15 is 0 Å². The van der Waals surface area contributed by atoms with Crippen LogP contribution < -0.4 is 11.4 Å². The second-order valence-electron chi connectivity index (χ2n) is 8.72. The third-order valence-corrected chi connectivity index (χ3v) is 6.34. The van der Waals surface area contributed by atoms with Gasteiger partial charge in [-0.2, -0.15) is 5.10 Å². The third-order valence-electron chi connectivity index (χ3n) is 6.34. The highest BCUT2D eigenvalue weighted by Gasteiger charge is 2.26. The molecule has 2 N–H and O–H groups in total. The Kier molecular flexibility index (Phi) is 5.07. The minimum Gasteiger partial charge on any atom is -0.424 e. The lowest BCUT2D eigenvalue weighted by Crippen LogP contribution is -2.14. The van der Waals surface area contributed by atoms with Crippen LogP contribution in [0.2, 0.25) is 0 Å². The maximum atomic E-state index is 13.1. The molecule has 0 aliphatic rings. The SMILES string of the molecule is Cc1cncc(-c2nn(C(C)c3oc(=O)c4ccccc4c3-c3ccccc3)c3ncnc(N)c23)c1. The molecular formula is C28H22N6O2. The van der Waals surface area contributed by atoms with E-state index in [0.29, 0.717) is 33.7 Å². The summed E-state index contributed by atoms with van der Waals surface area (Å²) in [4.78, 5) is 26.1. The van der Waals surface area contributed by atoms with Gasteiger partial charge >= 0.3 is 5.63 Å². The highest BCUT2D eigenvalue weighted by Crippen LogP contribution is 2.38. The van der Waals surface area contributed by atoms with E-state index in [4.69, 9.17) is 15.2 Å². The Hall–Kier alpha value is -4.85. The second kappa shape index (κ2) is 8.42. The Morgan fingerprint density at radius 1 is 0.944 bits per heavy atom. The van der Waals surface area contributed by atoms with E-state index in [9.17, 15) is 4.79 Å². The number of nitrogens with zero attached hydrogens (tertiary/aromatic N) is 5. The van der Waals surface area contributed by atoms with Gasteiger partial charge in [0.2, 0.25) is 0 Å². The second-order valence-corrected chi connectivity index (χ2v) is 8.72. The molecule has 2 aromatic carbocycles. The number of rotatable bonds is 4. The molecule has 6 rings (SSSR count). The highest BCUT2D eigenvalue weighted by molar-refractivity contribution is 5.99. The molecule has 0 saturated carbocycles. The summed E-state index contributed by atoms with van der Waals surface area (Å²) in [7, 11) is 0. The Morgan fingerprint density at radius 2 is 1.69 bits per heavy atom. The van der Waals surface area contributed by atoms with Crippen LogP contribution in [0, 0.1) is 6.92 Å². The highest BCUT2D eigenvalue weighted by atomic mass is 16.4. The van der Waals surface area contributed by atoms with E-state index in [-0.39, 0.29) is 0 Å². The Balaban J connectivity index is 1.65. The zero-order valence-corrected chi connectivity index (χ0v) is 19.7. The molecule has 6 aromatic rings. The van der Waals surface area contributed by atoms with E-state index < -0.39 is 11.7 Å². The fourth-order valence-corrected chi connectivity index (χ4v) is 4.68. The number of hydrogen-bond acceptors (Lipinski definition) is 7. The molecule has 8 heteroatoms. The van der Waals surface area contributed by atoms with Crippen LogP contribution in [0.3, 0.4) is 0 Å². The summed E-state index contributed by atoms with van der Waals surface area (Å²) in [6, 6.07) is 18.9. The van der Waals surface area contributed by atoms with Gasteiger partial charge in [0.15, 0.2) is 5.65 Å². The maximum absolute atomic E-state index is 13.1. The van der Waals surface area contributed by atoms with Crippen molar-refractivity contribution in [2.75, 3.05) is 5.73 Å². The van der Waals surface area contributed by atoms with E-state index in [2.05, 4.69) is 15.0 Å². The van der Waals surface area contributed by atoms with Gasteiger partial charge in [-0.05, 0) is 37.1 Å². The van der Waals surface area contributed by atoms with Gasteiger partial charge in [-0.25, -0.2) is 19.4 Å².